The molecule has 3 heterocycles. The van der Waals surface area contributed by atoms with E-state index in [9.17, 15) is 4.57 Å². The van der Waals surface area contributed by atoms with Gasteiger partial charge in [-0.2, -0.15) is 4.98 Å². The van der Waals surface area contributed by atoms with Gasteiger partial charge in [-0.1, -0.05) is 29.8 Å². The van der Waals surface area contributed by atoms with Crippen molar-refractivity contribution in [1.82, 2.24) is 19.8 Å². The number of nitrogens with one attached hydrogen (secondary N) is 2. The topological polar surface area (TPSA) is 104 Å². The highest BCUT2D eigenvalue weighted by Gasteiger charge is 2.28. The van der Waals surface area contributed by atoms with Crippen LogP contribution in [-0.4, -0.2) is 92.4 Å². The van der Waals surface area contributed by atoms with Crippen molar-refractivity contribution >= 4 is 48.0 Å². The molecule has 0 spiro atoms. The van der Waals surface area contributed by atoms with Gasteiger partial charge in [0.15, 0.2) is 5.82 Å². The summed E-state index contributed by atoms with van der Waals surface area (Å²) in [7, 11) is 0.556. The lowest BCUT2D eigenvalue weighted by Crippen LogP contribution is -2.52. The van der Waals surface area contributed by atoms with E-state index >= 15 is 0 Å². The molecule has 11 nitrogen and oxygen atoms in total. The van der Waals surface area contributed by atoms with Gasteiger partial charge in [0, 0.05) is 62.8 Å². The summed E-state index contributed by atoms with van der Waals surface area (Å²) in [6.45, 7) is 10.9. The number of aromatic nitrogens is 2. The number of para-hydroxylation sites is 1. The van der Waals surface area contributed by atoms with Crippen molar-refractivity contribution in [1.29, 1.82) is 0 Å². The third-order valence-electron chi connectivity index (χ3n) is 8.35. The fraction of sp³-hybridized carbons (Fsp3) is 0.500. The Bertz CT molecular complexity index is 1460. The molecule has 0 aliphatic carbocycles. The Balaban J connectivity index is 1.26. The van der Waals surface area contributed by atoms with Crippen LogP contribution in [0, 0.1) is 0 Å². The molecule has 3 aromatic rings. The van der Waals surface area contributed by atoms with Crippen molar-refractivity contribution in [2.75, 3.05) is 82.2 Å². The number of benzene rings is 2. The van der Waals surface area contributed by atoms with Gasteiger partial charge in [0.1, 0.15) is 10.8 Å². The minimum Gasteiger partial charge on any atom is -0.494 e. The van der Waals surface area contributed by atoms with Crippen LogP contribution in [0.3, 0.4) is 0 Å². The second-order valence-corrected chi connectivity index (χ2v) is 13.8. The van der Waals surface area contributed by atoms with Crippen molar-refractivity contribution in [3.8, 4) is 5.75 Å². The second-order valence-electron chi connectivity index (χ2n) is 11.3. The fourth-order valence-electron chi connectivity index (χ4n) is 5.93. The summed E-state index contributed by atoms with van der Waals surface area (Å²) >= 11 is 6.51. The number of ether oxygens (including phenoxy) is 1. The number of piperidine rings is 1. The predicted molar refractivity (Wildman–Crippen MR) is 182 cm³/mol. The number of nitrogens with zero attached hydrogens (tertiary/aromatic N) is 5. The van der Waals surface area contributed by atoms with E-state index in [0.29, 0.717) is 47.5 Å². The highest BCUT2D eigenvalue weighted by Crippen LogP contribution is 2.52. The van der Waals surface area contributed by atoms with Crippen LogP contribution < -0.4 is 20.3 Å². The van der Waals surface area contributed by atoms with Gasteiger partial charge >= 0.3 is 7.60 Å². The third-order valence-corrected chi connectivity index (χ3v) is 10.7. The summed E-state index contributed by atoms with van der Waals surface area (Å²) in [5.74, 6) is 1.46. The SMILES string of the molecule is CCOP(=O)(Cc1ccccc1Nc1nc(Nc2ccc(N3CCC(N4CCN(C)CC4)CC3)cc2OC)ncc1Cl)OCC. The molecule has 5 rings (SSSR count). The number of hydrogen-bond acceptors (Lipinski definition) is 11. The second kappa shape index (κ2) is 15.6. The molecule has 244 valence electrons. The molecular formula is C32H45ClN7O4P. The smallest absolute Gasteiger partial charge is 0.335 e. The summed E-state index contributed by atoms with van der Waals surface area (Å²) in [5, 5.41) is 6.92. The van der Waals surface area contributed by atoms with E-state index in [2.05, 4.69) is 54.5 Å². The highest BCUT2D eigenvalue weighted by molar-refractivity contribution is 7.53. The molecule has 1 aromatic heterocycles. The normalized spacial score (nSPS) is 17.0. The van der Waals surface area contributed by atoms with E-state index < -0.39 is 7.60 Å². The van der Waals surface area contributed by atoms with E-state index in [1.54, 1.807) is 27.2 Å². The van der Waals surface area contributed by atoms with Crippen LogP contribution in [0.25, 0.3) is 0 Å². The Morgan fingerprint density at radius 2 is 1.67 bits per heavy atom. The van der Waals surface area contributed by atoms with Crippen molar-refractivity contribution < 1.29 is 18.3 Å². The maximum Gasteiger partial charge on any atom is 0.335 e. The lowest BCUT2D eigenvalue weighted by molar-refractivity contribution is 0.0982. The summed E-state index contributed by atoms with van der Waals surface area (Å²) in [6, 6.07) is 14.4. The molecule has 0 atom stereocenters. The molecule has 2 aliphatic heterocycles. The molecule has 2 aromatic carbocycles. The van der Waals surface area contributed by atoms with E-state index in [1.807, 2.05) is 30.3 Å². The minimum absolute atomic E-state index is 0.114. The summed E-state index contributed by atoms with van der Waals surface area (Å²) in [6.07, 6.45) is 3.98. The molecule has 2 aliphatic rings. The Kier molecular flexibility index (Phi) is 11.6. The first-order chi connectivity index (χ1) is 21.8. The molecule has 0 saturated carbocycles. The lowest BCUT2D eigenvalue weighted by atomic mass is 10.0. The molecule has 0 amide bonds. The molecule has 0 unspecified atom stereocenters. The zero-order chi connectivity index (χ0) is 31.8. The maximum atomic E-state index is 13.2. The highest BCUT2D eigenvalue weighted by atomic mass is 35.5. The number of halogens is 1. The van der Waals surface area contributed by atoms with Crippen molar-refractivity contribution in [3.05, 3.63) is 59.2 Å². The summed E-state index contributed by atoms with van der Waals surface area (Å²) < 4.78 is 30.0. The van der Waals surface area contributed by atoms with Gasteiger partial charge in [-0.15, -0.1) is 0 Å². The van der Waals surface area contributed by atoms with Gasteiger partial charge < -0.3 is 34.2 Å². The van der Waals surface area contributed by atoms with E-state index in [-0.39, 0.29) is 6.16 Å². The summed E-state index contributed by atoms with van der Waals surface area (Å²) in [4.78, 5) is 16.6. The third kappa shape index (κ3) is 8.67. The zero-order valence-electron chi connectivity index (χ0n) is 26.7. The molecule has 0 bridgehead atoms. The van der Waals surface area contributed by atoms with Gasteiger partial charge in [0.05, 0.1) is 38.4 Å². The first kappa shape index (κ1) is 33.4. The number of piperazine rings is 1. The van der Waals surface area contributed by atoms with Crippen molar-refractivity contribution in [2.24, 2.45) is 0 Å². The average Bonchev–Trinajstić information content (AvgIpc) is 3.04. The molecule has 0 radical (unpaired) electrons. The Morgan fingerprint density at radius 3 is 2.36 bits per heavy atom. The maximum absolute atomic E-state index is 13.2. The van der Waals surface area contributed by atoms with Gasteiger partial charge in [-0.3, -0.25) is 9.46 Å². The minimum atomic E-state index is -3.31. The van der Waals surface area contributed by atoms with Crippen molar-refractivity contribution in [2.45, 2.75) is 38.9 Å². The largest absolute Gasteiger partial charge is 0.494 e. The Hall–Kier alpha value is -2.92. The standard InChI is InChI=1S/C32H45ClN7O4P/c1-5-43-45(41,44-6-2)23-24-9-7-8-10-28(24)35-31-27(33)22-34-32(37-31)36-29-12-11-26(21-30(29)42-4)39-15-13-25(14-16-39)40-19-17-38(3)18-20-40/h7-12,21-22,25H,5-6,13-20,23H2,1-4H3,(H2,34,35,36,37). The van der Waals surface area contributed by atoms with Gasteiger partial charge in [0.2, 0.25) is 5.95 Å². The van der Waals surface area contributed by atoms with Crippen molar-refractivity contribution in [3.63, 3.8) is 0 Å². The Labute approximate surface area is 271 Å². The van der Waals surface area contributed by atoms with Crippen LogP contribution in [0.1, 0.15) is 32.3 Å². The average molecular weight is 658 g/mol. The van der Waals surface area contributed by atoms with E-state index in [4.69, 9.17) is 25.4 Å². The van der Waals surface area contributed by atoms with Crippen LogP contribution in [0.15, 0.2) is 48.7 Å². The first-order valence-corrected chi connectivity index (χ1v) is 17.8. The number of hydrogen-bond donors (Lipinski definition) is 2. The number of anilines is 5. The number of methoxy groups -OCH3 is 1. The van der Waals surface area contributed by atoms with Crippen LogP contribution in [0.5, 0.6) is 5.75 Å². The molecular weight excluding hydrogens is 613 g/mol. The zero-order valence-corrected chi connectivity index (χ0v) is 28.3. The van der Waals surface area contributed by atoms with Crippen LogP contribution in [-0.2, 0) is 19.8 Å². The van der Waals surface area contributed by atoms with E-state index in [0.717, 1.165) is 56.2 Å². The van der Waals surface area contributed by atoms with Gasteiger partial charge in [-0.25, -0.2) is 4.98 Å². The van der Waals surface area contributed by atoms with Crippen LogP contribution in [0.4, 0.5) is 28.8 Å². The van der Waals surface area contributed by atoms with Gasteiger partial charge in [-0.05, 0) is 57.5 Å². The lowest BCUT2D eigenvalue weighted by Gasteiger charge is -2.42. The first-order valence-electron chi connectivity index (χ1n) is 15.7. The van der Waals surface area contributed by atoms with E-state index in [1.165, 1.54) is 12.8 Å². The quantitative estimate of drug-likeness (QED) is 0.194. The predicted octanol–water partition coefficient (Wildman–Crippen LogP) is 6.61. The summed E-state index contributed by atoms with van der Waals surface area (Å²) in [5.41, 5.74) is 3.34. The molecule has 45 heavy (non-hydrogen) atoms. The number of likely N-dealkylation sites (N-methyl/N-ethyl adjacent to an activating group) is 1. The van der Waals surface area contributed by atoms with Crippen LogP contribution >= 0.6 is 19.2 Å². The fourth-order valence-corrected chi connectivity index (χ4v) is 7.81. The molecule has 13 heteroatoms. The number of rotatable bonds is 13. The monoisotopic (exact) mass is 657 g/mol. The van der Waals surface area contributed by atoms with Crippen LogP contribution in [0.2, 0.25) is 5.02 Å². The molecule has 2 N–H and O–H groups in total. The molecule has 2 fully saturated rings. The Morgan fingerprint density at radius 1 is 0.956 bits per heavy atom. The van der Waals surface area contributed by atoms with Gasteiger partial charge in [0.25, 0.3) is 0 Å². The molecule has 2 saturated heterocycles.